The molecular formula is C23H28N2O3. The quantitative estimate of drug-likeness (QED) is 0.699. The summed E-state index contributed by atoms with van der Waals surface area (Å²) < 4.78 is 11.7. The lowest BCUT2D eigenvalue weighted by molar-refractivity contribution is 0.0581. The van der Waals surface area contributed by atoms with Crippen LogP contribution in [-0.4, -0.2) is 47.3 Å². The van der Waals surface area contributed by atoms with Gasteiger partial charge in [0.25, 0.3) is 0 Å². The van der Waals surface area contributed by atoms with Crippen LogP contribution in [0.15, 0.2) is 46.9 Å². The zero-order chi connectivity index (χ0) is 19.5. The number of para-hydroxylation sites is 2. The molecule has 0 bridgehead atoms. The van der Waals surface area contributed by atoms with Gasteiger partial charge in [0.2, 0.25) is 0 Å². The van der Waals surface area contributed by atoms with Crippen LogP contribution in [0.5, 0.6) is 5.75 Å². The van der Waals surface area contributed by atoms with E-state index in [1.54, 1.807) is 0 Å². The number of aromatic nitrogens is 1. The Hall–Kier alpha value is -2.37. The number of β-amino-alcohol motifs (C(OH)–C–C–N with tert-alkyl or cyclic N) is 1. The smallest absolute Gasteiger partial charge is 0.198 e. The Morgan fingerprint density at radius 2 is 1.96 bits per heavy atom. The van der Waals surface area contributed by atoms with Crippen LogP contribution in [0.3, 0.4) is 0 Å². The third-order valence-corrected chi connectivity index (χ3v) is 5.48. The normalized spacial score (nSPS) is 17.1. The van der Waals surface area contributed by atoms with Crippen molar-refractivity contribution in [1.29, 1.82) is 0 Å². The van der Waals surface area contributed by atoms with E-state index in [1.165, 1.54) is 5.56 Å². The maximum absolute atomic E-state index is 10.4. The number of oxazole rings is 1. The van der Waals surface area contributed by atoms with E-state index in [2.05, 4.69) is 22.9 Å². The van der Waals surface area contributed by atoms with Gasteiger partial charge in [0.05, 0.1) is 0 Å². The Balaban J connectivity index is 1.25. The summed E-state index contributed by atoms with van der Waals surface area (Å²) in [7, 11) is 0. The Bertz CT molecular complexity index is 895. The predicted molar refractivity (Wildman–Crippen MR) is 110 cm³/mol. The molecule has 1 aromatic heterocycles. The molecule has 0 saturated carbocycles. The van der Waals surface area contributed by atoms with Gasteiger partial charge in [0.15, 0.2) is 11.5 Å². The van der Waals surface area contributed by atoms with Crippen molar-refractivity contribution in [2.45, 2.75) is 38.7 Å². The van der Waals surface area contributed by atoms with Crippen molar-refractivity contribution in [2.24, 2.45) is 0 Å². The Morgan fingerprint density at radius 3 is 2.71 bits per heavy atom. The van der Waals surface area contributed by atoms with Gasteiger partial charge in [-0.05, 0) is 63.5 Å². The largest absolute Gasteiger partial charge is 0.491 e. The molecule has 0 aliphatic carbocycles. The Labute approximate surface area is 165 Å². The van der Waals surface area contributed by atoms with Gasteiger partial charge in [-0.2, -0.15) is 0 Å². The van der Waals surface area contributed by atoms with Crippen LogP contribution in [-0.2, 0) is 0 Å². The summed E-state index contributed by atoms with van der Waals surface area (Å²) in [6, 6.07) is 14.0. The molecule has 4 rings (SSSR count). The van der Waals surface area contributed by atoms with Crippen LogP contribution in [0.25, 0.3) is 11.1 Å². The van der Waals surface area contributed by atoms with Gasteiger partial charge in [-0.1, -0.05) is 29.8 Å². The number of aryl methyl sites for hydroxylation is 2. The second-order valence-electron chi connectivity index (χ2n) is 7.83. The fourth-order valence-electron chi connectivity index (χ4n) is 3.93. The second-order valence-corrected chi connectivity index (χ2v) is 7.83. The van der Waals surface area contributed by atoms with Crippen LogP contribution < -0.4 is 4.74 Å². The van der Waals surface area contributed by atoms with E-state index in [1.807, 2.05) is 43.3 Å². The second kappa shape index (κ2) is 8.33. The monoisotopic (exact) mass is 380 g/mol. The molecule has 1 N–H and O–H groups in total. The number of hydrogen-bond donors (Lipinski definition) is 1. The zero-order valence-corrected chi connectivity index (χ0v) is 16.6. The van der Waals surface area contributed by atoms with Crippen LogP contribution in [0.2, 0.25) is 0 Å². The van der Waals surface area contributed by atoms with Crippen molar-refractivity contribution >= 4 is 11.1 Å². The molecule has 28 heavy (non-hydrogen) atoms. The Morgan fingerprint density at radius 1 is 1.18 bits per heavy atom. The van der Waals surface area contributed by atoms with Crippen molar-refractivity contribution in [3.8, 4) is 5.75 Å². The van der Waals surface area contributed by atoms with E-state index in [0.29, 0.717) is 19.1 Å². The lowest BCUT2D eigenvalue weighted by atomic mass is 9.96. The summed E-state index contributed by atoms with van der Waals surface area (Å²) in [6.07, 6.45) is 1.50. The third kappa shape index (κ3) is 4.37. The lowest BCUT2D eigenvalue weighted by Crippen LogP contribution is -2.40. The van der Waals surface area contributed by atoms with Crippen LogP contribution in [0.4, 0.5) is 0 Å². The van der Waals surface area contributed by atoms with E-state index < -0.39 is 6.10 Å². The van der Waals surface area contributed by atoms with Crippen molar-refractivity contribution in [3.63, 3.8) is 0 Å². The minimum absolute atomic E-state index is 0.314. The number of aliphatic hydroxyl groups excluding tert-OH is 1. The number of nitrogens with zero attached hydrogens (tertiary/aromatic N) is 2. The number of piperidine rings is 1. The van der Waals surface area contributed by atoms with Gasteiger partial charge in [0.1, 0.15) is 24.0 Å². The molecule has 0 spiro atoms. The Kier molecular flexibility index (Phi) is 5.64. The summed E-state index contributed by atoms with van der Waals surface area (Å²) in [6.45, 7) is 6.91. The van der Waals surface area contributed by atoms with Crippen LogP contribution in [0.1, 0.15) is 35.8 Å². The molecule has 2 aromatic carbocycles. The maximum Gasteiger partial charge on any atom is 0.198 e. The van der Waals surface area contributed by atoms with E-state index in [4.69, 9.17) is 9.15 Å². The van der Waals surface area contributed by atoms with Crippen LogP contribution in [0, 0.1) is 13.8 Å². The number of hydrogen-bond acceptors (Lipinski definition) is 5. The summed E-state index contributed by atoms with van der Waals surface area (Å²) in [4.78, 5) is 6.95. The summed E-state index contributed by atoms with van der Waals surface area (Å²) in [5.74, 6) is 2.05. The first-order valence-electron chi connectivity index (χ1n) is 10.0. The molecule has 1 aliphatic heterocycles. The number of benzene rings is 2. The molecule has 3 aromatic rings. The highest BCUT2D eigenvalue weighted by Gasteiger charge is 2.25. The van der Waals surface area contributed by atoms with Gasteiger partial charge in [-0.25, -0.2) is 4.98 Å². The van der Waals surface area contributed by atoms with Crippen LogP contribution >= 0.6 is 0 Å². The number of likely N-dealkylation sites (tertiary alicyclic amines) is 1. The molecule has 148 valence electrons. The summed E-state index contributed by atoms with van der Waals surface area (Å²) in [5, 5.41) is 10.4. The molecule has 0 amide bonds. The molecule has 1 atom stereocenters. The lowest BCUT2D eigenvalue weighted by Gasteiger charge is -2.31. The number of aliphatic hydroxyl groups is 1. The minimum atomic E-state index is -0.499. The fraction of sp³-hybridized carbons (Fsp3) is 0.435. The minimum Gasteiger partial charge on any atom is -0.491 e. The van der Waals surface area contributed by atoms with Crippen molar-refractivity contribution in [3.05, 3.63) is 59.5 Å². The zero-order valence-electron chi connectivity index (χ0n) is 16.6. The molecule has 1 unspecified atom stereocenters. The first kappa shape index (κ1) is 19.0. The van der Waals surface area contributed by atoms with E-state index >= 15 is 0 Å². The van der Waals surface area contributed by atoms with E-state index in [-0.39, 0.29) is 0 Å². The summed E-state index contributed by atoms with van der Waals surface area (Å²) >= 11 is 0. The highest BCUT2D eigenvalue weighted by Crippen LogP contribution is 2.30. The molecule has 1 saturated heterocycles. The van der Waals surface area contributed by atoms with Crippen molar-refractivity contribution in [2.75, 3.05) is 26.2 Å². The standard InChI is InChI=1S/C23H28N2O3/c1-16-7-8-21(17(2)13-16)27-15-19(26)14-25-11-9-18(10-12-25)23-24-20-5-3-4-6-22(20)28-23/h3-8,13,18-19,26H,9-12,14-15H2,1-2H3. The average Bonchev–Trinajstić information content (AvgIpc) is 3.12. The number of ether oxygens (including phenoxy) is 1. The number of fused-ring (bicyclic) bond motifs is 1. The predicted octanol–water partition coefficient (Wildman–Crippen LogP) is 4.06. The van der Waals surface area contributed by atoms with Gasteiger partial charge < -0.3 is 19.2 Å². The van der Waals surface area contributed by atoms with Gasteiger partial charge >= 0.3 is 0 Å². The third-order valence-electron chi connectivity index (χ3n) is 5.48. The van der Waals surface area contributed by atoms with Gasteiger partial charge in [-0.15, -0.1) is 0 Å². The maximum atomic E-state index is 10.4. The highest BCUT2D eigenvalue weighted by molar-refractivity contribution is 5.72. The van der Waals surface area contributed by atoms with E-state index in [0.717, 1.165) is 54.2 Å². The van der Waals surface area contributed by atoms with E-state index in [9.17, 15) is 5.11 Å². The molecule has 2 heterocycles. The first-order valence-corrected chi connectivity index (χ1v) is 10.0. The topological polar surface area (TPSA) is 58.7 Å². The van der Waals surface area contributed by atoms with Crippen molar-refractivity contribution in [1.82, 2.24) is 9.88 Å². The average molecular weight is 380 g/mol. The molecule has 5 heteroatoms. The molecule has 5 nitrogen and oxygen atoms in total. The first-order chi connectivity index (χ1) is 13.6. The van der Waals surface area contributed by atoms with Gasteiger partial charge in [-0.3, -0.25) is 0 Å². The van der Waals surface area contributed by atoms with Gasteiger partial charge in [0, 0.05) is 12.5 Å². The number of rotatable bonds is 6. The molecule has 0 radical (unpaired) electrons. The highest BCUT2D eigenvalue weighted by atomic mass is 16.5. The fourth-order valence-corrected chi connectivity index (χ4v) is 3.93. The van der Waals surface area contributed by atoms with Crippen molar-refractivity contribution < 1.29 is 14.3 Å². The SMILES string of the molecule is Cc1ccc(OCC(O)CN2CCC(c3nc4ccccc4o3)CC2)c(C)c1. The molecular weight excluding hydrogens is 352 g/mol. The molecule has 1 aliphatic rings. The molecule has 1 fully saturated rings. The summed E-state index contributed by atoms with van der Waals surface area (Å²) in [5.41, 5.74) is 4.11.